The number of esters is 1. The smallest absolute Gasteiger partial charge is 0.314 e. The molecule has 0 N–H and O–H groups in total. The van der Waals surface area contributed by atoms with Gasteiger partial charge in [0, 0.05) is 48.9 Å². The molecule has 174 valence electrons. The summed E-state index contributed by atoms with van der Waals surface area (Å²) in [6.45, 7) is 10.8. The zero-order chi connectivity index (χ0) is 22.8. The van der Waals surface area contributed by atoms with Gasteiger partial charge in [0.25, 0.3) is 0 Å². The maximum atomic E-state index is 13.1. The first-order chi connectivity index (χ1) is 15.4. The van der Waals surface area contributed by atoms with E-state index in [1.54, 1.807) is 0 Å². The molecule has 0 bridgehead atoms. The summed E-state index contributed by atoms with van der Waals surface area (Å²) >= 11 is 0. The highest BCUT2D eigenvalue weighted by atomic mass is 16.6. The molecule has 6 nitrogen and oxygen atoms in total. The highest BCUT2D eigenvalue weighted by Gasteiger charge is 2.37. The minimum Gasteiger partial charge on any atom is -0.457 e. The molecule has 1 aliphatic carbocycles. The van der Waals surface area contributed by atoms with Crippen molar-refractivity contribution in [3.63, 3.8) is 0 Å². The fourth-order valence-electron chi connectivity index (χ4n) is 5.03. The van der Waals surface area contributed by atoms with Crippen molar-refractivity contribution in [1.82, 2.24) is 9.47 Å². The zero-order valence-corrected chi connectivity index (χ0v) is 20.0. The Labute approximate surface area is 191 Å². The quantitative estimate of drug-likeness (QED) is 0.550. The maximum absolute atomic E-state index is 13.1. The van der Waals surface area contributed by atoms with E-state index in [9.17, 15) is 4.79 Å². The standard InChI is InChI=1S/C26H36N2O4/c1-6-30-15-20(16-31-7-2)32-26(29)19-11-22-21-9-8-10-23-25(21)18(14-28(23)17(3)4)12-24(22)27(5)13-19/h8-11,14,17,19-20,24H,6-7,12-13,15-16H2,1-5H3/t19-,24-/m1/s1. The molecule has 0 saturated carbocycles. The molecule has 2 atom stereocenters. The number of rotatable bonds is 9. The van der Waals surface area contributed by atoms with Gasteiger partial charge in [-0.05, 0) is 63.9 Å². The van der Waals surface area contributed by atoms with Gasteiger partial charge in [0.05, 0.1) is 19.1 Å². The molecule has 0 spiro atoms. The largest absolute Gasteiger partial charge is 0.457 e. The van der Waals surface area contributed by atoms with Crippen LogP contribution in [0.2, 0.25) is 0 Å². The van der Waals surface area contributed by atoms with Crippen molar-refractivity contribution in [2.45, 2.75) is 52.3 Å². The Balaban J connectivity index is 1.63. The van der Waals surface area contributed by atoms with Gasteiger partial charge >= 0.3 is 5.97 Å². The molecule has 2 heterocycles. The summed E-state index contributed by atoms with van der Waals surface area (Å²) in [5.41, 5.74) is 5.16. The second-order valence-corrected chi connectivity index (χ2v) is 9.12. The van der Waals surface area contributed by atoms with Gasteiger partial charge in [0.1, 0.15) is 6.10 Å². The molecule has 0 fully saturated rings. The molecule has 0 unspecified atom stereocenters. The van der Waals surface area contributed by atoms with Crippen LogP contribution in [0.15, 0.2) is 30.5 Å². The number of hydrogen-bond acceptors (Lipinski definition) is 5. The highest BCUT2D eigenvalue weighted by Crippen LogP contribution is 2.42. The third-order valence-electron chi connectivity index (χ3n) is 6.58. The second-order valence-electron chi connectivity index (χ2n) is 9.12. The Morgan fingerprint density at radius 3 is 2.53 bits per heavy atom. The van der Waals surface area contributed by atoms with Crippen molar-refractivity contribution in [2.75, 3.05) is 40.0 Å². The van der Waals surface area contributed by atoms with Crippen LogP contribution in [0.1, 0.15) is 44.9 Å². The third kappa shape index (κ3) is 4.36. The normalized spacial score (nSPS) is 20.7. The molecule has 4 rings (SSSR count). The Bertz CT molecular complexity index is 985. The van der Waals surface area contributed by atoms with Crippen molar-refractivity contribution >= 4 is 22.4 Å². The topological polar surface area (TPSA) is 52.9 Å². The van der Waals surface area contributed by atoms with Crippen LogP contribution in [0.5, 0.6) is 0 Å². The van der Waals surface area contributed by atoms with Crippen LogP contribution >= 0.6 is 0 Å². The van der Waals surface area contributed by atoms with E-state index in [1.807, 2.05) is 13.8 Å². The number of nitrogens with zero attached hydrogens (tertiary/aromatic N) is 2. The van der Waals surface area contributed by atoms with Gasteiger partial charge < -0.3 is 18.8 Å². The summed E-state index contributed by atoms with van der Waals surface area (Å²) in [6.07, 6.45) is 5.05. The Morgan fingerprint density at radius 1 is 1.16 bits per heavy atom. The first-order valence-corrected chi connectivity index (χ1v) is 11.8. The van der Waals surface area contributed by atoms with E-state index in [-0.39, 0.29) is 24.0 Å². The van der Waals surface area contributed by atoms with Crippen LogP contribution in [0.4, 0.5) is 0 Å². The summed E-state index contributed by atoms with van der Waals surface area (Å²) in [4.78, 5) is 15.4. The molecule has 2 aliphatic rings. The molecule has 1 aliphatic heterocycles. The van der Waals surface area contributed by atoms with E-state index in [1.165, 1.54) is 27.6 Å². The first kappa shape index (κ1) is 23.0. The maximum Gasteiger partial charge on any atom is 0.314 e. The first-order valence-electron chi connectivity index (χ1n) is 11.8. The van der Waals surface area contributed by atoms with E-state index in [0.717, 1.165) is 6.42 Å². The highest BCUT2D eigenvalue weighted by molar-refractivity contribution is 5.99. The minimum atomic E-state index is -0.384. The van der Waals surface area contributed by atoms with Gasteiger partial charge in [0.2, 0.25) is 0 Å². The molecule has 2 aromatic rings. The third-order valence-corrected chi connectivity index (χ3v) is 6.58. The van der Waals surface area contributed by atoms with Crippen LogP contribution < -0.4 is 0 Å². The van der Waals surface area contributed by atoms with Crippen molar-refractivity contribution in [3.05, 3.63) is 41.6 Å². The monoisotopic (exact) mass is 440 g/mol. The fourth-order valence-corrected chi connectivity index (χ4v) is 5.03. The van der Waals surface area contributed by atoms with Crippen LogP contribution in [0.25, 0.3) is 16.5 Å². The van der Waals surface area contributed by atoms with E-state index < -0.39 is 0 Å². The lowest BCUT2D eigenvalue weighted by Gasteiger charge is -2.39. The Morgan fingerprint density at radius 2 is 1.88 bits per heavy atom. The van der Waals surface area contributed by atoms with E-state index in [2.05, 4.69) is 60.8 Å². The van der Waals surface area contributed by atoms with Gasteiger partial charge in [-0.1, -0.05) is 18.2 Å². The predicted octanol–water partition coefficient (Wildman–Crippen LogP) is 4.08. The second kappa shape index (κ2) is 9.77. The van der Waals surface area contributed by atoms with E-state index in [0.29, 0.717) is 39.0 Å². The summed E-state index contributed by atoms with van der Waals surface area (Å²) in [7, 11) is 2.11. The summed E-state index contributed by atoms with van der Waals surface area (Å²) in [5.74, 6) is -0.508. The average Bonchev–Trinajstić information content (AvgIpc) is 3.16. The molecule has 1 aromatic heterocycles. The lowest BCUT2D eigenvalue weighted by Crippen LogP contribution is -2.45. The number of hydrogen-bond donors (Lipinski definition) is 0. The van der Waals surface area contributed by atoms with Crippen LogP contribution in [-0.4, -0.2) is 67.6 Å². The molecule has 0 amide bonds. The van der Waals surface area contributed by atoms with Crippen LogP contribution in [0, 0.1) is 5.92 Å². The minimum absolute atomic E-state index is 0.204. The molecule has 6 heteroatoms. The molecule has 32 heavy (non-hydrogen) atoms. The number of carbonyl (C=O) groups excluding carboxylic acids is 1. The zero-order valence-electron chi connectivity index (χ0n) is 20.0. The molecule has 1 aromatic carbocycles. The number of aromatic nitrogens is 1. The average molecular weight is 441 g/mol. The summed E-state index contributed by atoms with van der Waals surface area (Å²) in [6, 6.07) is 7.22. The lowest BCUT2D eigenvalue weighted by molar-refractivity contribution is -0.160. The number of ether oxygens (including phenoxy) is 3. The molecular formula is C26H36N2O4. The van der Waals surface area contributed by atoms with Gasteiger partial charge in [-0.2, -0.15) is 0 Å². The Hall–Kier alpha value is -2.15. The van der Waals surface area contributed by atoms with Crippen molar-refractivity contribution < 1.29 is 19.0 Å². The van der Waals surface area contributed by atoms with Crippen molar-refractivity contribution in [2.24, 2.45) is 5.92 Å². The number of likely N-dealkylation sites (N-methyl/N-ethyl adjacent to an activating group) is 1. The SMILES string of the molecule is CCOCC(COCC)OC(=O)[C@@H]1C=C2c3cccc4c3c(cn4C(C)C)C[C@H]2N(C)C1. The van der Waals surface area contributed by atoms with Gasteiger partial charge in [0.15, 0.2) is 0 Å². The van der Waals surface area contributed by atoms with Gasteiger partial charge in [-0.3, -0.25) is 9.69 Å². The summed E-state index contributed by atoms with van der Waals surface area (Å²) in [5, 5.41) is 1.33. The molecular weight excluding hydrogens is 404 g/mol. The summed E-state index contributed by atoms with van der Waals surface area (Å²) < 4.78 is 19.2. The lowest BCUT2D eigenvalue weighted by atomic mass is 9.80. The van der Waals surface area contributed by atoms with Crippen LogP contribution in [-0.2, 0) is 25.4 Å². The van der Waals surface area contributed by atoms with Gasteiger partial charge in [-0.25, -0.2) is 0 Å². The van der Waals surface area contributed by atoms with Crippen molar-refractivity contribution in [3.8, 4) is 0 Å². The molecule has 0 saturated heterocycles. The van der Waals surface area contributed by atoms with E-state index in [4.69, 9.17) is 14.2 Å². The number of fused-ring (bicyclic) bond motifs is 2. The molecule has 0 radical (unpaired) electrons. The number of carbonyl (C=O) groups is 1. The predicted molar refractivity (Wildman–Crippen MR) is 127 cm³/mol. The fraction of sp³-hybridized carbons (Fsp3) is 0.577. The van der Waals surface area contributed by atoms with E-state index >= 15 is 0 Å². The number of benzene rings is 1. The van der Waals surface area contributed by atoms with Crippen LogP contribution in [0.3, 0.4) is 0 Å². The Kier molecular flexibility index (Phi) is 7.03. The van der Waals surface area contributed by atoms with Crippen molar-refractivity contribution in [1.29, 1.82) is 0 Å². The van der Waals surface area contributed by atoms with Gasteiger partial charge in [-0.15, -0.1) is 0 Å².